The third-order valence-electron chi connectivity index (χ3n) is 2.48. The molecule has 1 heterocycles. The molecule has 1 amide bonds. The minimum absolute atomic E-state index is 0.0323. The van der Waals surface area contributed by atoms with Crippen LogP contribution in [0.15, 0.2) is 0 Å². The largest absolute Gasteiger partial charge is 0.471 e. The molecule has 0 aromatic carbocycles. The van der Waals surface area contributed by atoms with E-state index in [1.807, 2.05) is 0 Å². The van der Waals surface area contributed by atoms with Crippen molar-refractivity contribution in [2.75, 3.05) is 39.8 Å². The van der Waals surface area contributed by atoms with E-state index in [1.165, 1.54) is 7.11 Å². The van der Waals surface area contributed by atoms with Crippen LogP contribution < -0.4 is 0 Å². The lowest BCUT2D eigenvalue weighted by atomic mass is 10.3. The average molecular weight is 254 g/mol. The van der Waals surface area contributed by atoms with Crippen molar-refractivity contribution in [2.45, 2.75) is 6.18 Å². The SMILES string of the molecule is COC(=O)CN1CCN(C(=O)C(F)(F)F)CC1. The molecule has 1 aliphatic rings. The maximum absolute atomic E-state index is 12.1. The summed E-state index contributed by atoms with van der Waals surface area (Å²) in [6, 6.07) is 0. The first-order valence-corrected chi connectivity index (χ1v) is 5.00. The van der Waals surface area contributed by atoms with Crippen LogP contribution in [0, 0.1) is 0 Å². The van der Waals surface area contributed by atoms with Crippen LogP contribution in [0.1, 0.15) is 0 Å². The zero-order valence-corrected chi connectivity index (χ0v) is 9.29. The summed E-state index contributed by atoms with van der Waals surface area (Å²) in [5.41, 5.74) is 0. The Labute approximate surface area is 96.1 Å². The lowest BCUT2D eigenvalue weighted by molar-refractivity contribution is -0.187. The van der Waals surface area contributed by atoms with E-state index in [9.17, 15) is 22.8 Å². The number of esters is 1. The second-order valence-corrected chi connectivity index (χ2v) is 3.64. The fraction of sp³-hybridized carbons (Fsp3) is 0.778. The second kappa shape index (κ2) is 5.35. The van der Waals surface area contributed by atoms with Crippen molar-refractivity contribution in [3.05, 3.63) is 0 Å². The highest BCUT2D eigenvalue weighted by molar-refractivity contribution is 5.82. The molecule has 0 radical (unpaired) electrons. The standard InChI is InChI=1S/C9H13F3N2O3/c1-17-7(15)6-13-2-4-14(5-3-13)8(16)9(10,11)12/h2-6H2,1H3. The summed E-state index contributed by atoms with van der Waals surface area (Å²) in [6.45, 7) is 0.434. The summed E-state index contributed by atoms with van der Waals surface area (Å²) < 4.78 is 40.8. The molecule has 0 bridgehead atoms. The summed E-state index contributed by atoms with van der Waals surface area (Å²) in [5.74, 6) is -2.27. The molecule has 0 unspecified atom stereocenters. The Morgan fingerprint density at radius 2 is 1.71 bits per heavy atom. The van der Waals surface area contributed by atoms with E-state index in [1.54, 1.807) is 4.90 Å². The Bertz CT molecular complexity index is 298. The Hall–Kier alpha value is -1.31. The first-order chi connectivity index (χ1) is 7.84. The van der Waals surface area contributed by atoms with Crippen LogP contribution in [0.2, 0.25) is 0 Å². The van der Waals surface area contributed by atoms with Crippen LogP contribution in [0.25, 0.3) is 0 Å². The van der Waals surface area contributed by atoms with Gasteiger partial charge in [-0.3, -0.25) is 14.5 Å². The molecule has 0 aromatic rings. The van der Waals surface area contributed by atoms with Gasteiger partial charge in [-0.05, 0) is 0 Å². The maximum atomic E-state index is 12.1. The first kappa shape index (κ1) is 13.8. The number of methoxy groups -OCH3 is 1. The summed E-state index contributed by atoms with van der Waals surface area (Å²) in [4.78, 5) is 24.2. The van der Waals surface area contributed by atoms with Gasteiger partial charge in [-0.15, -0.1) is 0 Å². The van der Waals surface area contributed by atoms with Gasteiger partial charge >= 0.3 is 18.1 Å². The zero-order valence-electron chi connectivity index (χ0n) is 9.29. The maximum Gasteiger partial charge on any atom is 0.471 e. The lowest BCUT2D eigenvalue weighted by Crippen LogP contribution is -2.53. The Morgan fingerprint density at radius 3 is 2.12 bits per heavy atom. The van der Waals surface area contributed by atoms with Crippen molar-refractivity contribution in [3.8, 4) is 0 Å². The van der Waals surface area contributed by atoms with E-state index in [0.29, 0.717) is 0 Å². The molecule has 0 saturated carbocycles. The van der Waals surface area contributed by atoms with Crippen molar-refractivity contribution < 1.29 is 27.5 Å². The van der Waals surface area contributed by atoms with Crippen LogP contribution in [0.5, 0.6) is 0 Å². The molecule has 1 rings (SSSR count). The van der Waals surface area contributed by atoms with E-state index in [0.717, 1.165) is 4.90 Å². The minimum atomic E-state index is -4.83. The van der Waals surface area contributed by atoms with Crippen molar-refractivity contribution in [1.82, 2.24) is 9.80 Å². The second-order valence-electron chi connectivity index (χ2n) is 3.64. The number of hydrogen-bond donors (Lipinski definition) is 0. The van der Waals surface area contributed by atoms with E-state index in [2.05, 4.69) is 4.74 Å². The van der Waals surface area contributed by atoms with Gasteiger partial charge in [0.15, 0.2) is 0 Å². The molecule has 1 saturated heterocycles. The number of carbonyl (C=O) groups is 2. The van der Waals surface area contributed by atoms with E-state index >= 15 is 0 Å². The van der Waals surface area contributed by atoms with Crippen molar-refractivity contribution >= 4 is 11.9 Å². The van der Waals surface area contributed by atoms with Crippen molar-refractivity contribution in [1.29, 1.82) is 0 Å². The predicted octanol–water partition coefficient (Wildman–Crippen LogP) is -0.134. The molecular formula is C9H13F3N2O3. The predicted molar refractivity (Wildman–Crippen MR) is 51.1 cm³/mol. The minimum Gasteiger partial charge on any atom is -0.468 e. The van der Waals surface area contributed by atoms with Gasteiger partial charge in [0.05, 0.1) is 13.7 Å². The Morgan fingerprint density at radius 1 is 1.18 bits per heavy atom. The number of halogens is 3. The van der Waals surface area contributed by atoms with Crippen molar-refractivity contribution in [3.63, 3.8) is 0 Å². The first-order valence-electron chi connectivity index (χ1n) is 5.00. The molecule has 0 aliphatic carbocycles. The van der Waals surface area contributed by atoms with Gasteiger partial charge in [0.1, 0.15) is 0 Å². The molecule has 0 atom stereocenters. The summed E-state index contributed by atoms with van der Waals surface area (Å²) >= 11 is 0. The molecule has 1 aliphatic heterocycles. The van der Waals surface area contributed by atoms with E-state index < -0.39 is 18.1 Å². The molecule has 0 spiro atoms. The number of hydrogen-bond acceptors (Lipinski definition) is 4. The topological polar surface area (TPSA) is 49.9 Å². The third kappa shape index (κ3) is 3.88. The highest BCUT2D eigenvalue weighted by Crippen LogP contribution is 2.19. The van der Waals surface area contributed by atoms with Gasteiger partial charge in [0.25, 0.3) is 0 Å². The van der Waals surface area contributed by atoms with Crippen LogP contribution in [-0.4, -0.2) is 67.7 Å². The fourth-order valence-electron chi connectivity index (χ4n) is 1.54. The van der Waals surface area contributed by atoms with Crippen LogP contribution in [0.4, 0.5) is 13.2 Å². The lowest BCUT2D eigenvalue weighted by Gasteiger charge is -2.34. The molecule has 1 fully saturated rings. The highest BCUT2D eigenvalue weighted by atomic mass is 19.4. The number of rotatable bonds is 2. The van der Waals surface area contributed by atoms with Gasteiger partial charge in [-0.2, -0.15) is 13.2 Å². The van der Waals surface area contributed by atoms with Crippen LogP contribution >= 0.6 is 0 Å². The molecule has 0 aromatic heterocycles. The summed E-state index contributed by atoms with van der Waals surface area (Å²) in [7, 11) is 1.24. The number of nitrogens with zero attached hydrogens (tertiary/aromatic N) is 2. The number of alkyl halides is 3. The van der Waals surface area contributed by atoms with Crippen LogP contribution in [0.3, 0.4) is 0 Å². The third-order valence-corrected chi connectivity index (χ3v) is 2.48. The zero-order chi connectivity index (χ0) is 13.1. The van der Waals surface area contributed by atoms with Gasteiger partial charge in [0.2, 0.25) is 0 Å². The van der Waals surface area contributed by atoms with Gasteiger partial charge < -0.3 is 9.64 Å². The molecule has 98 valence electrons. The number of ether oxygens (including phenoxy) is 1. The molecule has 17 heavy (non-hydrogen) atoms. The van der Waals surface area contributed by atoms with Gasteiger partial charge in [0, 0.05) is 26.2 Å². The highest BCUT2D eigenvalue weighted by Gasteiger charge is 2.43. The quantitative estimate of drug-likeness (QED) is 0.644. The van der Waals surface area contributed by atoms with Gasteiger partial charge in [-0.25, -0.2) is 0 Å². The number of amides is 1. The molecule has 8 heteroatoms. The van der Waals surface area contributed by atoms with Crippen LogP contribution in [-0.2, 0) is 14.3 Å². The smallest absolute Gasteiger partial charge is 0.468 e. The fourth-order valence-corrected chi connectivity index (χ4v) is 1.54. The molecule has 5 nitrogen and oxygen atoms in total. The Kier molecular flexibility index (Phi) is 4.33. The Balaban J connectivity index is 2.41. The van der Waals surface area contributed by atoms with Crippen molar-refractivity contribution in [2.24, 2.45) is 0 Å². The van der Waals surface area contributed by atoms with Gasteiger partial charge in [-0.1, -0.05) is 0 Å². The summed E-state index contributed by atoms with van der Waals surface area (Å²) in [6.07, 6.45) is -4.83. The molecule has 0 N–H and O–H groups in total. The summed E-state index contributed by atoms with van der Waals surface area (Å²) in [5, 5.41) is 0. The monoisotopic (exact) mass is 254 g/mol. The average Bonchev–Trinajstić information content (AvgIpc) is 2.27. The van der Waals surface area contributed by atoms with E-state index in [-0.39, 0.29) is 32.7 Å². The normalized spacial score (nSPS) is 18.0. The molecular weight excluding hydrogens is 241 g/mol. The number of carbonyl (C=O) groups excluding carboxylic acids is 2. The van der Waals surface area contributed by atoms with E-state index in [4.69, 9.17) is 0 Å². The number of piperazine rings is 1.